The predicted molar refractivity (Wildman–Crippen MR) is 75.4 cm³/mol. The Balaban J connectivity index is 2.27. The number of benzene rings is 1. The molecular weight excluding hydrogens is 266 g/mol. The third kappa shape index (κ3) is 2.91. The summed E-state index contributed by atoms with van der Waals surface area (Å²) in [4.78, 5) is 2.36. The van der Waals surface area contributed by atoms with Gasteiger partial charge in [0.25, 0.3) is 0 Å². The van der Waals surface area contributed by atoms with Gasteiger partial charge >= 0.3 is 0 Å². The first kappa shape index (κ1) is 13.1. The molecule has 96 valence electrons. The summed E-state index contributed by atoms with van der Waals surface area (Å²) in [5.74, 6) is 0.0428. The van der Waals surface area contributed by atoms with Gasteiger partial charge in [0, 0.05) is 15.4 Å². The minimum Gasteiger partial charge on any atom is -0.399 e. The molecule has 18 heavy (non-hydrogen) atoms. The maximum atomic E-state index is 12.2. The van der Waals surface area contributed by atoms with Crippen LogP contribution >= 0.6 is 11.3 Å². The summed E-state index contributed by atoms with van der Waals surface area (Å²) in [6.45, 7) is 2.06. The Morgan fingerprint density at radius 2 is 1.89 bits per heavy atom. The van der Waals surface area contributed by atoms with Crippen molar-refractivity contribution < 1.29 is 8.42 Å². The van der Waals surface area contributed by atoms with Crippen molar-refractivity contribution in [2.24, 2.45) is 0 Å². The van der Waals surface area contributed by atoms with Gasteiger partial charge in [-0.1, -0.05) is 13.0 Å². The first-order valence-electron chi connectivity index (χ1n) is 5.67. The van der Waals surface area contributed by atoms with Gasteiger partial charge in [0.2, 0.25) is 0 Å². The Hall–Kier alpha value is -1.33. The van der Waals surface area contributed by atoms with Crippen molar-refractivity contribution in [3.8, 4) is 0 Å². The van der Waals surface area contributed by atoms with E-state index in [1.165, 1.54) is 10.9 Å². The maximum Gasteiger partial charge on any atom is 0.183 e. The van der Waals surface area contributed by atoms with E-state index in [4.69, 9.17) is 5.73 Å². The molecule has 1 heterocycles. The lowest BCUT2D eigenvalue weighted by atomic mass is 10.3. The molecule has 0 amide bonds. The second-order valence-electron chi connectivity index (χ2n) is 4.05. The summed E-state index contributed by atoms with van der Waals surface area (Å²) in [7, 11) is -3.30. The number of anilines is 1. The van der Waals surface area contributed by atoms with E-state index in [9.17, 15) is 8.42 Å². The normalized spacial score (nSPS) is 11.6. The summed E-state index contributed by atoms with van der Waals surface area (Å²) in [5, 5.41) is 0. The van der Waals surface area contributed by atoms with Crippen LogP contribution in [0.2, 0.25) is 0 Å². The van der Waals surface area contributed by atoms with E-state index in [0.29, 0.717) is 5.69 Å². The second-order valence-corrected chi connectivity index (χ2v) is 7.30. The smallest absolute Gasteiger partial charge is 0.183 e. The Morgan fingerprint density at radius 1 is 1.17 bits per heavy atom. The number of rotatable bonds is 4. The van der Waals surface area contributed by atoms with E-state index in [1.807, 2.05) is 12.1 Å². The molecular formula is C13H15NO2S2. The van der Waals surface area contributed by atoms with Gasteiger partial charge in [-0.25, -0.2) is 8.42 Å². The van der Waals surface area contributed by atoms with Gasteiger partial charge in [0.05, 0.1) is 10.6 Å². The van der Waals surface area contributed by atoms with Crippen molar-refractivity contribution in [2.75, 3.05) is 5.73 Å². The fraction of sp³-hybridized carbons (Fsp3) is 0.231. The molecule has 0 atom stereocenters. The standard InChI is InChI=1S/C13H15NO2S2/c1-2-11-6-7-12(17-11)9-18(15,16)13-5-3-4-10(14)8-13/h3-8H,2,9,14H2,1H3. The minimum absolute atomic E-state index is 0.0428. The van der Waals surface area contributed by atoms with E-state index >= 15 is 0 Å². The summed E-state index contributed by atoms with van der Waals surface area (Å²) in [6.07, 6.45) is 0.934. The number of nitrogens with two attached hydrogens (primary N) is 1. The van der Waals surface area contributed by atoms with E-state index in [-0.39, 0.29) is 10.6 Å². The van der Waals surface area contributed by atoms with Crippen LogP contribution in [0.5, 0.6) is 0 Å². The zero-order valence-corrected chi connectivity index (χ0v) is 11.7. The molecule has 3 nitrogen and oxygen atoms in total. The highest BCUT2D eigenvalue weighted by atomic mass is 32.2. The van der Waals surface area contributed by atoms with Gasteiger partial charge in [-0.2, -0.15) is 0 Å². The van der Waals surface area contributed by atoms with E-state index in [2.05, 4.69) is 6.92 Å². The Labute approximate surface area is 111 Å². The summed E-state index contributed by atoms with van der Waals surface area (Å²) in [6, 6.07) is 10.3. The number of hydrogen-bond donors (Lipinski definition) is 1. The molecule has 0 aliphatic heterocycles. The van der Waals surface area contributed by atoms with Crippen molar-refractivity contribution in [3.05, 3.63) is 46.2 Å². The molecule has 1 aromatic carbocycles. The van der Waals surface area contributed by atoms with Gasteiger partial charge in [0.15, 0.2) is 9.84 Å². The van der Waals surface area contributed by atoms with Gasteiger partial charge in [-0.05, 0) is 36.8 Å². The van der Waals surface area contributed by atoms with Crippen molar-refractivity contribution in [3.63, 3.8) is 0 Å². The molecule has 5 heteroatoms. The third-order valence-electron chi connectivity index (χ3n) is 2.62. The van der Waals surface area contributed by atoms with Gasteiger partial charge in [-0.3, -0.25) is 0 Å². The Bertz CT molecular complexity index is 645. The van der Waals surface area contributed by atoms with Crippen molar-refractivity contribution >= 4 is 26.9 Å². The molecule has 0 radical (unpaired) electrons. The molecule has 1 aromatic heterocycles. The molecule has 0 aliphatic rings. The molecule has 0 bridgehead atoms. The molecule has 2 rings (SSSR count). The molecule has 0 spiro atoms. The molecule has 0 fully saturated rings. The third-order valence-corrected chi connectivity index (χ3v) is 5.69. The van der Waals surface area contributed by atoms with Crippen LogP contribution in [0.15, 0.2) is 41.3 Å². The average molecular weight is 281 g/mol. The second kappa shape index (κ2) is 5.12. The Morgan fingerprint density at radius 3 is 2.50 bits per heavy atom. The van der Waals surface area contributed by atoms with Crippen LogP contribution in [0.25, 0.3) is 0 Å². The quantitative estimate of drug-likeness (QED) is 0.877. The molecule has 0 saturated heterocycles. The number of hydrogen-bond acceptors (Lipinski definition) is 4. The topological polar surface area (TPSA) is 60.2 Å². The van der Waals surface area contributed by atoms with E-state index in [0.717, 1.165) is 11.3 Å². The molecule has 0 unspecified atom stereocenters. The SMILES string of the molecule is CCc1ccc(CS(=O)(=O)c2cccc(N)c2)s1. The maximum absolute atomic E-state index is 12.2. The lowest BCUT2D eigenvalue weighted by Gasteiger charge is -2.03. The molecule has 2 aromatic rings. The highest BCUT2D eigenvalue weighted by Gasteiger charge is 2.16. The number of sulfone groups is 1. The highest BCUT2D eigenvalue weighted by Crippen LogP contribution is 2.23. The monoisotopic (exact) mass is 281 g/mol. The lowest BCUT2D eigenvalue weighted by molar-refractivity contribution is 0.595. The number of thiophene rings is 1. The zero-order valence-electron chi connectivity index (χ0n) is 10.1. The van der Waals surface area contributed by atoms with Crippen LogP contribution < -0.4 is 5.73 Å². The van der Waals surface area contributed by atoms with Gasteiger partial charge < -0.3 is 5.73 Å². The van der Waals surface area contributed by atoms with Crippen LogP contribution in [0.4, 0.5) is 5.69 Å². The molecule has 0 aliphatic carbocycles. The Kier molecular flexibility index (Phi) is 3.73. The molecule has 2 N–H and O–H groups in total. The van der Waals surface area contributed by atoms with Crippen molar-refractivity contribution in [1.82, 2.24) is 0 Å². The fourth-order valence-electron chi connectivity index (χ4n) is 1.67. The van der Waals surface area contributed by atoms with Gasteiger partial charge in [-0.15, -0.1) is 11.3 Å². The van der Waals surface area contributed by atoms with Crippen LogP contribution in [-0.4, -0.2) is 8.42 Å². The van der Waals surface area contributed by atoms with Crippen LogP contribution in [0.1, 0.15) is 16.7 Å². The number of aryl methyl sites for hydroxylation is 1. The lowest BCUT2D eigenvalue weighted by Crippen LogP contribution is -2.04. The number of nitrogen functional groups attached to an aromatic ring is 1. The predicted octanol–water partition coefficient (Wildman–Crippen LogP) is 2.87. The first-order chi connectivity index (χ1) is 8.51. The largest absolute Gasteiger partial charge is 0.399 e. The minimum atomic E-state index is -3.30. The van der Waals surface area contributed by atoms with Crippen molar-refractivity contribution in [2.45, 2.75) is 24.0 Å². The average Bonchev–Trinajstić information content (AvgIpc) is 2.76. The fourth-order valence-corrected chi connectivity index (χ4v) is 4.36. The van der Waals surface area contributed by atoms with Crippen molar-refractivity contribution in [1.29, 1.82) is 0 Å². The summed E-state index contributed by atoms with van der Waals surface area (Å²) in [5.41, 5.74) is 6.08. The highest BCUT2D eigenvalue weighted by molar-refractivity contribution is 7.90. The zero-order chi connectivity index (χ0) is 13.2. The molecule has 0 saturated carbocycles. The van der Waals surface area contributed by atoms with Gasteiger partial charge in [0.1, 0.15) is 0 Å². The van der Waals surface area contributed by atoms with Crippen LogP contribution in [0.3, 0.4) is 0 Å². The van der Waals surface area contributed by atoms with Crippen LogP contribution in [0, 0.1) is 0 Å². The van der Waals surface area contributed by atoms with E-state index < -0.39 is 9.84 Å². The summed E-state index contributed by atoms with van der Waals surface area (Å²) >= 11 is 1.55. The van der Waals surface area contributed by atoms with E-state index in [1.54, 1.807) is 29.5 Å². The van der Waals surface area contributed by atoms with Crippen LogP contribution in [-0.2, 0) is 22.0 Å². The summed E-state index contributed by atoms with van der Waals surface area (Å²) < 4.78 is 24.4. The first-order valence-corrected chi connectivity index (χ1v) is 8.14.